The number of hydrogen-bond acceptors (Lipinski definition) is 2. The summed E-state index contributed by atoms with van der Waals surface area (Å²) in [5.41, 5.74) is 1.73. The molecule has 0 aliphatic carbocycles. The van der Waals surface area contributed by atoms with Crippen molar-refractivity contribution in [2.45, 2.75) is 104 Å². The van der Waals surface area contributed by atoms with Gasteiger partial charge >= 0.3 is 0 Å². The molecule has 0 unspecified atom stereocenters. The van der Waals surface area contributed by atoms with Gasteiger partial charge in [0.25, 0.3) is 8.32 Å². The molecule has 0 rings (SSSR count). The summed E-state index contributed by atoms with van der Waals surface area (Å²) in [6.45, 7) is 18.1. The Morgan fingerprint density at radius 2 is 1.42 bits per heavy atom. The van der Waals surface area contributed by atoms with E-state index < -0.39 is 8.32 Å². The molecule has 0 saturated heterocycles. The average molecular weight is 355 g/mol. The molecule has 0 bridgehead atoms. The van der Waals surface area contributed by atoms with Gasteiger partial charge in [0.1, 0.15) is 6.29 Å². The first-order valence-corrected chi connectivity index (χ1v) is 12.2. The summed E-state index contributed by atoms with van der Waals surface area (Å²) in [7, 11) is -1.85. The van der Waals surface area contributed by atoms with Crippen LogP contribution in [0.15, 0.2) is 12.3 Å². The van der Waals surface area contributed by atoms with Gasteiger partial charge in [-0.15, -0.1) is 0 Å². The number of allylic oxidation sites excluding steroid dienone is 1. The van der Waals surface area contributed by atoms with Crippen LogP contribution in [0.25, 0.3) is 0 Å². The van der Waals surface area contributed by atoms with E-state index in [-0.39, 0.29) is 11.8 Å². The van der Waals surface area contributed by atoms with Gasteiger partial charge in [0.2, 0.25) is 0 Å². The fraction of sp³-hybridized carbons (Fsp3) is 0.857. The van der Waals surface area contributed by atoms with Gasteiger partial charge in [-0.1, -0.05) is 81.1 Å². The minimum atomic E-state index is -1.85. The summed E-state index contributed by atoms with van der Waals surface area (Å²) in [6.07, 6.45) is 11.1. The Kier molecular flexibility index (Phi) is 11.6. The third kappa shape index (κ3) is 6.74. The van der Waals surface area contributed by atoms with E-state index >= 15 is 0 Å². The lowest BCUT2D eigenvalue weighted by molar-refractivity contribution is -0.112. The molecule has 2 atom stereocenters. The minimum absolute atomic E-state index is 0.120. The van der Waals surface area contributed by atoms with Crippen molar-refractivity contribution in [1.82, 2.24) is 0 Å². The summed E-state index contributed by atoms with van der Waals surface area (Å²) in [5.74, 6) is 0.372. The third-order valence-corrected chi connectivity index (χ3v) is 11.6. The Balaban J connectivity index is 4.80. The zero-order chi connectivity index (χ0) is 18.8. The number of hydrogen-bond donors (Lipinski definition) is 0. The smallest absolute Gasteiger partial charge is 0.257 e. The summed E-state index contributed by atoms with van der Waals surface area (Å²) in [4.78, 5) is 11.4. The fourth-order valence-electron chi connectivity index (χ4n) is 4.09. The second-order valence-corrected chi connectivity index (χ2v) is 13.7. The average Bonchev–Trinajstić information content (AvgIpc) is 2.50. The summed E-state index contributed by atoms with van der Waals surface area (Å²) in [5, 5.41) is 0. The summed E-state index contributed by atoms with van der Waals surface area (Å²) < 4.78 is 6.46. The molecule has 0 aromatic rings. The van der Waals surface area contributed by atoms with Gasteiger partial charge in [-0.3, -0.25) is 0 Å². The van der Waals surface area contributed by atoms with E-state index in [0.29, 0.717) is 16.6 Å². The van der Waals surface area contributed by atoms with Crippen molar-refractivity contribution in [2.75, 3.05) is 0 Å². The maximum absolute atomic E-state index is 11.4. The lowest BCUT2D eigenvalue weighted by atomic mass is 9.90. The Hall–Kier alpha value is -0.573. The first-order valence-electron chi connectivity index (χ1n) is 10.0. The predicted octanol–water partition coefficient (Wildman–Crippen LogP) is 7.11. The number of carbonyl (C=O) groups is 1. The zero-order valence-electron chi connectivity index (χ0n) is 17.5. The van der Waals surface area contributed by atoms with Crippen molar-refractivity contribution >= 4 is 14.6 Å². The fourth-order valence-corrected chi connectivity index (χ4v) is 9.22. The van der Waals surface area contributed by atoms with Crippen LogP contribution in [-0.4, -0.2) is 14.6 Å². The minimum Gasteiger partial charge on any atom is -0.548 e. The topological polar surface area (TPSA) is 26.3 Å². The maximum Gasteiger partial charge on any atom is 0.257 e. The van der Waals surface area contributed by atoms with Crippen LogP contribution >= 0.6 is 0 Å². The molecule has 0 aliphatic heterocycles. The van der Waals surface area contributed by atoms with Crippen molar-refractivity contribution in [1.29, 1.82) is 0 Å². The lowest BCUT2D eigenvalue weighted by Crippen LogP contribution is -2.46. The van der Waals surface area contributed by atoms with Gasteiger partial charge in [-0.25, -0.2) is 0 Å². The van der Waals surface area contributed by atoms with E-state index in [1.54, 1.807) is 0 Å². The van der Waals surface area contributed by atoms with E-state index in [9.17, 15) is 4.79 Å². The van der Waals surface area contributed by atoms with Gasteiger partial charge < -0.3 is 9.22 Å². The number of unbranched alkanes of at least 4 members (excludes halogenated alkanes) is 3. The highest BCUT2D eigenvalue weighted by atomic mass is 28.4. The Bertz CT molecular complexity index is 339. The van der Waals surface area contributed by atoms with Crippen molar-refractivity contribution in [3.05, 3.63) is 12.3 Å². The Labute approximate surface area is 152 Å². The molecule has 0 aromatic carbocycles. The molecule has 3 heteroatoms. The molecule has 142 valence electrons. The molecule has 0 aliphatic rings. The van der Waals surface area contributed by atoms with Crippen molar-refractivity contribution in [3.8, 4) is 0 Å². The van der Waals surface area contributed by atoms with E-state index in [1.165, 1.54) is 19.3 Å². The van der Waals surface area contributed by atoms with Crippen LogP contribution in [-0.2, 0) is 9.22 Å². The summed E-state index contributed by atoms with van der Waals surface area (Å²) >= 11 is 0. The number of carbonyl (C=O) groups excluding carboxylic acids is 1. The standard InChI is InChI=1S/C21H42O2Si/c1-9-10-11-12-13-21(16-22)20(8)14-15-23-24(17(2)3,18(4)5)19(6)7/h14-21H,9-13H2,1-8H3/b15-14+/t20-,21-/m0/s1. The van der Waals surface area contributed by atoms with Crippen LogP contribution in [0.5, 0.6) is 0 Å². The van der Waals surface area contributed by atoms with Gasteiger partial charge in [0.15, 0.2) is 0 Å². The SMILES string of the molecule is CCCCCC[C@@H](C=O)[C@@H](C)/C=C/O[Si](C(C)C)(C(C)C)C(C)C. The zero-order valence-corrected chi connectivity index (χ0v) is 18.5. The second kappa shape index (κ2) is 11.9. The molecule has 0 radical (unpaired) electrons. The van der Waals surface area contributed by atoms with Crippen molar-refractivity contribution in [2.24, 2.45) is 11.8 Å². The van der Waals surface area contributed by atoms with Crippen LogP contribution in [0.3, 0.4) is 0 Å². The van der Waals surface area contributed by atoms with Crippen LogP contribution in [0, 0.1) is 11.8 Å². The van der Waals surface area contributed by atoms with Crippen molar-refractivity contribution < 1.29 is 9.22 Å². The van der Waals surface area contributed by atoms with Crippen LogP contribution in [0.1, 0.15) is 87.5 Å². The molecule has 24 heavy (non-hydrogen) atoms. The number of rotatable bonds is 13. The van der Waals surface area contributed by atoms with E-state index in [0.717, 1.165) is 19.1 Å². The largest absolute Gasteiger partial charge is 0.548 e. The van der Waals surface area contributed by atoms with E-state index in [2.05, 4.69) is 61.5 Å². The first kappa shape index (κ1) is 23.4. The quantitative estimate of drug-likeness (QED) is 0.152. The normalized spacial score (nSPS) is 15.5. The molecule has 0 heterocycles. The maximum atomic E-state index is 11.4. The molecule has 0 N–H and O–H groups in total. The highest BCUT2D eigenvalue weighted by Gasteiger charge is 2.46. The highest BCUT2D eigenvalue weighted by molar-refractivity contribution is 6.77. The molecular formula is C21H42O2Si. The van der Waals surface area contributed by atoms with Gasteiger partial charge in [-0.2, -0.15) is 0 Å². The second-order valence-electron chi connectivity index (χ2n) is 8.27. The van der Waals surface area contributed by atoms with Gasteiger partial charge in [-0.05, 0) is 35.0 Å². The van der Waals surface area contributed by atoms with Gasteiger partial charge in [0.05, 0.1) is 6.26 Å². The third-order valence-electron chi connectivity index (χ3n) is 5.60. The van der Waals surface area contributed by atoms with Crippen LogP contribution in [0.4, 0.5) is 0 Å². The van der Waals surface area contributed by atoms with Crippen LogP contribution < -0.4 is 0 Å². The Morgan fingerprint density at radius 1 is 0.875 bits per heavy atom. The molecule has 0 aromatic heterocycles. The monoisotopic (exact) mass is 354 g/mol. The molecule has 0 fully saturated rings. The molecule has 2 nitrogen and oxygen atoms in total. The summed E-state index contributed by atoms with van der Waals surface area (Å²) in [6, 6.07) is 0. The number of aldehydes is 1. The Morgan fingerprint density at radius 3 is 1.83 bits per heavy atom. The van der Waals surface area contributed by atoms with Gasteiger partial charge in [0, 0.05) is 5.92 Å². The molecule has 0 saturated carbocycles. The van der Waals surface area contributed by atoms with E-state index in [1.807, 2.05) is 6.26 Å². The molecule has 0 amide bonds. The molecular weight excluding hydrogens is 312 g/mol. The predicted molar refractivity (Wildman–Crippen MR) is 109 cm³/mol. The van der Waals surface area contributed by atoms with Crippen LogP contribution in [0.2, 0.25) is 16.6 Å². The molecule has 0 spiro atoms. The lowest BCUT2D eigenvalue weighted by Gasteiger charge is -2.41. The van der Waals surface area contributed by atoms with Crippen molar-refractivity contribution in [3.63, 3.8) is 0 Å². The highest BCUT2D eigenvalue weighted by Crippen LogP contribution is 2.42. The first-order chi connectivity index (χ1) is 11.2. The van der Waals surface area contributed by atoms with E-state index in [4.69, 9.17) is 4.43 Å².